The minimum absolute atomic E-state index is 0.0884. The van der Waals surface area contributed by atoms with Crippen LogP contribution in [0, 0.1) is 0 Å². The Kier molecular flexibility index (Phi) is 59.9. The van der Waals surface area contributed by atoms with E-state index in [-0.39, 0.29) is 31.1 Å². The molecule has 0 fully saturated rings. The van der Waals surface area contributed by atoms with Gasteiger partial charge in [0.05, 0.1) is 0 Å². The molecule has 0 radical (unpaired) electrons. The molecule has 0 bridgehead atoms. The molecular formula is C71H114O6. The van der Waals surface area contributed by atoms with E-state index >= 15 is 0 Å². The van der Waals surface area contributed by atoms with Gasteiger partial charge < -0.3 is 14.2 Å². The second-order valence-electron chi connectivity index (χ2n) is 20.2. The fourth-order valence-electron chi connectivity index (χ4n) is 8.21. The van der Waals surface area contributed by atoms with Crippen molar-refractivity contribution >= 4 is 17.9 Å². The number of hydrogen-bond acceptors (Lipinski definition) is 6. The SMILES string of the molecule is CC/C=C\C/C=C\C/C=C\C/C=C\C/C=C\C/C=C\C/C=C\C/C=C\C/C=C\CCCCCCCCCC(=O)OCC(COC(=O)CCCCCCCCC)OC(=O)CCCCCCCCC/C=C\C/C=C\C/C=C\CC. The smallest absolute Gasteiger partial charge is 0.306 e. The van der Waals surface area contributed by atoms with Gasteiger partial charge in [0, 0.05) is 19.3 Å². The molecule has 6 heteroatoms. The van der Waals surface area contributed by atoms with Crippen LogP contribution in [0.5, 0.6) is 0 Å². The first kappa shape index (κ1) is 72.3. The first-order valence-electron chi connectivity index (χ1n) is 31.3. The summed E-state index contributed by atoms with van der Waals surface area (Å²) in [6.07, 6.45) is 91.6. The number of unbranched alkanes of at least 4 members (excludes halogenated alkanes) is 20. The largest absolute Gasteiger partial charge is 0.462 e. The van der Waals surface area contributed by atoms with Gasteiger partial charge in [-0.15, -0.1) is 0 Å². The first-order valence-corrected chi connectivity index (χ1v) is 31.3. The highest BCUT2D eigenvalue weighted by atomic mass is 16.6. The van der Waals surface area contributed by atoms with Crippen LogP contribution in [0.25, 0.3) is 0 Å². The van der Waals surface area contributed by atoms with Gasteiger partial charge in [0.15, 0.2) is 6.10 Å². The minimum atomic E-state index is -0.790. The Morgan fingerprint density at radius 1 is 0.273 bits per heavy atom. The van der Waals surface area contributed by atoms with E-state index < -0.39 is 6.10 Å². The average Bonchev–Trinajstić information content (AvgIpc) is 3.43. The molecule has 0 spiro atoms. The molecule has 0 saturated carbocycles. The molecule has 0 aromatic heterocycles. The molecule has 0 aromatic carbocycles. The predicted octanol–water partition coefficient (Wildman–Crippen LogP) is 21.5. The fourth-order valence-corrected chi connectivity index (χ4v) is 8.21. The van der Waals surface area contributed by atoms with Crippen molar-refractivity contribution in [1.29, 1.82) is 0 Å². The van der Waals surface area contributed by atoms with Crippen LogP contribution in [0.3, 0.4) is 0 Å². The molecular weight excluding hydrogens is 949 g/mol. The summed E-state index contributed by atoms with van der Waals surface area (Å²) in [7, 11) is 0. The van der Waals surface area contributed by atoms with Gasteiger partial charge in [0.25, 0.3) is 0 Å². The molecule has 77 heavy (non-hydrogen) atoms. The van der Waals surface area contributed by atoms with Crippen molar-refractivity contribution in [2.24, 2.45) is 0 Å². The van der Waals surface area contributed by atoms with Gasteiger partial charge in [0.2, 0.25) is 0 Å². The van der Waals surface area contributed by atoms with Gasteiger partial charge in [-0.25, -0.2) is 0 Å². The summed E-state index contributed by atoms with van der Waals surface area (Å²) >= 11 is 0. The van der Waals surface area contributed by atoms with Crippen LogP contribution in [0.2, 0.25) is 0 Å². The number of rotatable bonds is 55. The predicted molar refractivity (Wildman–Crippen MR) is 334 cm³/mol. The maximum Gasteiger partial charge on any atom is 0.306 e. The van der Waals surface area contributed by atoms with Crippen LogP contribution in [0.15, 0.2) is 146 Å². The minimum Gasteiger partial charge on any atom is -0.462 e. The maximum absolute atomic E-state index is 12.8. The normalized spacial score (nSPS) is 13.1. The molecule has 0 amide bonds. The van der Waals surface area contributed by atoms with Gasteiger partial charge >= 0.3 is 17.9 Å². The molecule has 0 N–H and O–H groups in total. The lowest BCUT2D eigenvalue weighted by molar-refractivity contribution is -0.167. The van der Waals surface area contributed by atoms with Gasteiger partial charge in [-0.3, -0.25) is 14.4 Å². The van der Waals surface area contributed by atoms with Crippen LogP contribution in [0.4, 0.5) is 0 Å². The molecule has 0 aromatic rings. The quantitative estimate of drug-likeness (QED) is 0.0261. The maximum atomic E-state index is 12.8. The van der Waals surface area contributed by atoms with Crippen molar-refractivity contribution in [2.75, 3.05) is 13.2 Å². The summed E-state index contributed by atoms with van der Waals surface area (Å²) in [6.45, 7) is 6.35. The molecule has 0 aliphatic carbocycles. The highest BCUT2D eigenvalue weighted by Crippen LogP contribution is 2.14. The molecule has 0 heterocycles. The van der Waals surface area contributed by atoms with Gasteiger partial charge in [0.1, 0.15) is 13.2 Å². The lowest BCUT2D eigenvalue weighted by Crippen LogP contribution is -2.30. The monoisotopic (exact) mass is 1060 g/mol. The Balaban J connectivity index is 4.16. The molecule has 1 unspecified atom stereocenters. The Labute approximate surface area is 474 Å². The van der Waals surface area contributed by atoms with Gasteiger partial charge in [-0.1, -0.05) is 269 Å². The number of hydrogen-bond donors (Lipinski definition) is 0. The zero-order chi connectivity index (χ0) is 55.7. The van der Waals surface area contributed by atoms with E-state index in [1.165, 1.54) is 77.0 Å². The van der Waals surface area contributed by atoms with E-state index in [9.17, 15) is 14.4 Å². The summed E-state index contributed by atoms with van der Waals surface area (Å²) < 4.78 is 16.8. The lowest BCUT2D eigenvalue weighted by atomic mass is 10.1. The van der Waals surface area contributed by atoms with Crippen LogP contribution >= 0.6 is 0 Å². The molecule has 0 rings (SSSR count). The van der Waals surface area contributed by atoms with E-state index in [1.54, 1.807) is 0 Å². The molecule has 0 saturated heterocycles. The lowest BCUT2D eigenvalue weighted by Gasteiger charge is -2.18. The Morgan fingerprint density at radius 3 is 0.792 bits per heavy atom. The third kappa shape index (κ3) is 62.0. The Bertz CT molecular complexity index is 1700. The molecule has 0 aliphatic heterocycles. The zero-order valence-corrected chi connectivity index (χ0v) is 49.7. The van der Waals surface area contributed by atoms with E-state index in [1.807, 2.05) is 0 Å². The van der Waals surface area contributed by atoms with Gasteiger partial charge in [-0.2, -0.15) is 0 Å². The van der Waals surface area contributed by atoms with Crippen LogP contribution in [-0.4, -0.2) is 37.2 Å². The summed E-state index contributed by atoms with van der Waals surface area (Å²) in [4.78, 5) is 38.0. The van der Waals surface area contributed by atoms with Crippen molar-refractivity contribution < 1.29 is 28.6 Å². The number of allylic oxidation sites excluding steroid dienone is 24. The van der Waals surface area contributed by atoms with Crippen molar-refractivity contribution in [1.82, 2.24) is 0 Å². The molecule has 0 aliphatic rings. The highest BCUT2D eigenvalue weighted by Gasteiger charge is 2.19. The molecule has 1 atom stereocenters. The summed E-state index contributed by atoms with van der Waals surface area (Å²) in [5, 5.41) is 0. The third-order valence-electron chi connectivity index (χ3n) is 12.8. The highest BCUT2D eigenvalue weighted by molar-refractivity contribution is 5.71. The first-order chi connectivity index (χ1) is 38.0. The number of carbonyl (C=O) groups is 3. The van der Waals surface area contributed by atoms with Crippen molar-refractivity contribution in [3.05, 3.63) is 146 Å². The average molecular weight is 1060 g/mol. The second-order valence-corrected chi connectivity index (χ2v) is 20.2. The van der Waals surface area contributed by atoms with Crippen LogP contribution in [-0.2, 0) is 28.6 Å². The van der Waals surface area contributed by atoms with Crippen LogP contribution in [0.1, 0.15) is 265 Å². The molecule has 6 nitrogen and oxygen atoms in total. The number of carbonyl (C=O) groups excluding carboxylic acids is 3. The topological polar surface area (TPSA) is 78.9 Å². The third-order valence-corrected chi connectivity index (χ3v) is 12.8. The van der Waals surface area contributed by atoms with E-state index in [0.29, 0.717) is 19.3 Å². The van der Waals surface area contributed by atoms with Crippen LogP contribution < -0.4 is 0 Å². The fraction of sp³-hybridized carbons (Fsp3) is 0.620. The van der Waals surface area contributed by atoms with E-state index in [0.717, 1.165) is 148 Å². The molecule has 434 valence electrons. The zero-order valence-electron chi connectivity index (χ0n) is 49.7. The van der Waals surface area contributed by atoms with Crippen molar-refractivity contribution in [3.63, 3.8) is 0 Å². The summed E-state index contributed by atoms with van der Waals surface area (Å²) in [5.41, 5.74) is 0. The standard InChI is InChI=1S/C71H114O6/c1-4-7-10-13-16-18-20-22-24-26-27-28-29-30-31-32-33-34-35-36-37-38-39-40-41-42-43-45-46-48-50-52-55-58-61-64-70(73)76-67-68(66-75-69(72)63-60-57-54-15-12-9-6-3)77-71(74)65-62-59-56-53-51-49-47-44-25-23-21-19-17-14-11-8-5-2/h7-8,10-11,16-19,22-25,27-28,30-31,33-34,36-37,39-40,42-43,68H,4-6,9,12-15,20-21,26,29,32,35,38,41,44-67H2,1-3H3/b10-7-,11-8-,18-16-,19-17-,24-22-,25-23-,28-27-,31-30-,34-33-,37-36-,40-39-,43-42-. The number of esters is 3. The Morgan fingerprint density at radius 2 is 0.506 bits per heavy atom. The second kappa shape index (κ2) is 63.8. The summed E-state index contributed by atoms with van der Waals surface area (Å²) in [6, 6.07) is 0. The van der Waals surface area contributed by atoms with E-state index in [2.05, 4.69) is 167 Å². The van der Waals surface area contributed by atoms with E-state index in [4.69, 9.17) is 14.2 Å². The van der Waals surface area contributed by atoms with Crippen molar-refractivity contribution in [3.8, 4) is 0 Å². The Hall–Kier alpha value is -4.71. The van der Waals surface area contributed by atoms with Gasteiger partial charge in [-0.05, 0) is 122 Å². The summed E-state index contributed by atoms with van der Waals surface area (Å²) in [5.74, 6) is -0.920. The van der Waals surface area contributed by atoms with Crippen molar-refractivity contribution in [2.45, 2.75) is 271 Å². The number of ether oxygens (including phenoxy) is 3.